The van der Waals surface area contributed by atoms with Crippen LogP contribution in [-0.4, -0.2) is 43.2 Å². The molecule has 38 heavy (non-hydrogen) atoms. The Balaban J connectivity index is 1.42. The Bertz CT molecular complexity index is 1220. The van der Waals surface area contributed by atoms with Crippen molar-refractivity contribution in [2.24, 2.45) is 5.92 Å². The monoisotopic (exact) mass is 515 g/mol. The number of morpholine rings is 1. The molecule has 2 fully saturated rings. The number of nitriles is 1. The molecule has 5 rings (SSSR count). The predicted octanol–water partition coefficient (Wildman–Crippen LogP) is 5.33. The van der Waals surface area contributed by atoms with Crippen LogP contribution in [0.4, 0.5) is 8.78 Å². The van der Waals surface area contributed by atoms with Crippen LogP contribution in [0, 0.1) is 28.9 Å². The molecule has 1 saturated carbocycles. The molecule has 7 heteroatoms. The van der Waals surface area contributed by atoms with Gasteiger partial charge in [0.1, 0.15) is 11.6 Å². The summed E-state index contributed by atoms with van der Waals surface area (Å²) in [7, 11) is 0. The molecule has 1 heterocycles. The number of nitrogens with one attached hydrogen (secondary N) is 1. The van der Waals surface area contributed by atoms with Crippen molar-refractivity contribution in [3.05, 3.63) is 107 Å². The summed E-state index contributed by atoms with van der Waals surface area (Å²) in [5.74, 6) is -1.10. The highest BCUT2D eigenvalue weighted by molar-refractivity contribution is 5.81. The van der Waals surface area contributed by atoms with E-state index in [1.165, 1.54) is 24.3 Å². The molecule has 0 unspecified atom stereocenters. The average molecular weight is 516 g/mol. The molecule has 3 aromatic rings. The molecule has 1 aliphatic heterocycles. The highest BCUT2D eigenvalue weighted by Crippen LogP contribution is 2.41. The minimum atomic E-state index is -0.540. The lowest BCUT2D eigenvalue weighted by molar-refractivity contribution is -0.127. The number of hydrogen-bond donors (Lipinski definition) is 1. The third-order valence-electron chi connectivity index (χ3n) is 7.88. The smallest absolute Gasteiger partial charge is 0.224 e. The standard InChI is InChI=1S/C31H31F2N3O2/c32-25-9-5-23(6-10-25)30(24-7-11-26(33)12-8-24)35-31(37)28-14-13-27(36-15-17-38-18-16-36)19-29(28)22-3-1-21(20-34)2-4-22/h1-12,27-30H,13-19H2,(H,35,37)/t27-,28-,29+/m1/s1. The Morgan fingerprint density at radius 2 is 1.47 bits per heavy atom. The second-order valence-electron chi connectivity index (χ2n) is 10.1. The number of carbonyl (C=O) groups excluding carboxylic acids is 1. The molecule has 1 aliphatic carbocycles. The van der Waals surface area contributed by atoms with Crippen molar-refractivity contribution in [1.29, 1.82) is 5.26 Å². The average Bonchev–Trinajstić information content (AvgIpc) is 2.97. The quantitative estimate of drug-likeness (QED) is 0.482. The fraction of sp³-hybridized carbons (Fsp3) is 0.355. The zero-order chi connectivity index (χ0) is 26.5. The first kappa shape index (κ1) is 26.0. The van der Waals surface area contributed by atoms with Crippen LogP contribution < -0.4 is 5.32 Å². The van der Waals surface area contributed by atoms with E-state index in [0.717, 1.165) is 62.3 Å². The molecule has 0 aromatic heterocycles. The van der Waals surface area contributed by atoms with Gasteiger partial charge in [0, 0.05) is 25.0 Å². The van der Waals surface area contributed by atoms with Crippen LogP contribution >= 0.6 is 0 Å². The fourth-order valence-electron chi connectivity index (χ4n) is 5.83. The summed E-state index contributed by atoms with van der Waals surface area (Å²) < 4.78 is 32.9. The van der Waals surface area contributed by atoms with Crippen molar-refractivity contribution in [1.82, 2.24) is 10.2 Å². The van der Waals surface area contributed by atoms with E-state index in [-0.39, 0.29) is 29.4 Å². The first-order valence-corrected chi connectivity index (χ1v) is 13.1. The van der Waals surface area contributed by atoms with Crippen molar-refractivity contribution in [3.63, 3.8) is 0 Å². The zero-order valence-corrected chi connectivity index (χ0v) is 21.2. The summed E-state index contributed by atoms with van der Waals surface area (Å²) in [5, 5.41) is 12.5. The summed E-state index contributed by atoms with van der Waals surface area (Å²) in [6.07, 6.45) is 2.46. The number of nitrogens with zero attached hydrogens (tertiary/aromatic N) is 2. The Morgan fingerprint density at radius 1 is 0.895 bits per heavy atom. The van der Waals surface area contributed by atoms with Crippen LogP contribution in [-0.2, 0) is 9.53 Å². The normalized spacial score (nSPS) is 22.1. The van der Waals surface area contributed by atoms with Crippen LogP contribution in [0.2, 0.25) is 0 Å². The van der Waals surface area contributed by atoms with Crippen LogP contribution in [0.15, 0.2) is 72.8 Å². The number of ether oxygens (including phenoxy) is 1. The van der Waals surface area contributed by atoms with Gasteiger partial charge in [0.25, 0.3) is 0 Å². The summed E-state index contributed by atoms with van der Waals surface area (Å²) in [5.41, 5.74) is 3.08. The van der Waals surface area contributed by atoms with Gasteiger partial charge in [-0.05, 0) is 78.3 Å². The van der Waals surface area contributed by atoms with E-state index < -0.39 is 6.04 Å². The largest absolute Gasteiger partial charge is 0.379 e. The molecule has 0 bridgehead atoms. The van der Waals surface area contributed by atoms with Crippen LogP contribution in [0.5, 0.6) is 0 Å². The third kappa shape index (κ3) is 5.93. The van der Waals surface area contributed by atoms with E-state index in [1.807, 2.05) is 24.3 Å². The highest BCUT2D eigenvalue weighted by atomic mass is 19.1. The molecule has 0 spiro atoms. The molecule has 0 radical (unpaired) electrons. The molecule has 2 aliphatic rings. The van der Waals surface area contributed by atoms with E-state index in [9.17, 15) is 18.8 Å². The van der Waals surface area contributed by atoms with Gasteiger partial charge in [0.15, 0.2) is 0 Å². The SMILES string of the molecule is N#Cc1ccc([C@@H]2C[C@H](N3CCOCC3)CC[C@H]2C(=O)NC(c2ccc(F)cc2)c2ccc(F)cc2)cc1. The molecule has 3 aromatic carbocycles. The van der Waals surface area contributed by atoms with Crippen LogP contribution in [0.1, 0.15) is 53.5 Å². The maximum Gasteiger partial charge on any atom is 0.224 e. The number of amides is 1. The molecule has 5 nitrogen and oxygen atoms in total. The van der Waals surface area contributed by atoms with Gasteiger partial charge in [-0.2, -0.15) is 5.26 Å². The number of carbonyl (C=O) groups is 1. The van der Waals surface area contributed by atoms with E-state index in [2.05, 4.69) is 16.3 Å². The summed E-state index contributed by atoms with van der Waals surface area (Å²) >= 11 is 0. The van der Waals surface area contributed by atoms with Crippen molar-refractivity contribution < 1.29 is 18.3 Å². The van der Waals surface area contributed by atoms with Crippen molar-refractivity contribution >= 4 is 5.91 Å². The maximum atomic E-state index is 13.9. The Kier molecular flexibility index (Phi) is 8.11. The number of halogens is 2. The molecule has 1 N–H and O–H groups in total. The fourth-order valence-corrected chi connectivity index (χ4v) is 5.83. The lowest BCUT2D eigenvalue weighted by atomic mass is 9.72. The van der Waals surface area contributed by atoms with Crippen molar-refractivity contribution in [3.8, 4) is 6.07 Å². The molecule has 1 saturated heterocycles. The van der Waals surface area contributed by atoms with Gasteiger partial charge >= 0.3 is 0 Å². The zero-order valence-electron chi connectivity index (χ0n) is 21.2. The predicted molar refractivity (Wildman–Crippen MR) is 140 cm³/mol. The third-order valence-corrected chi connectivity index (χ3v) is 7.88. The Hall–Kier alpha value is -3.60. The minimum Gasteiger partial charge on any atom is -0.379 e. The van der Waals surface area contributed by atoms with E-state index in [0.29, 0.717) is 11.6 Å². The first-order valence-electron chi connectivity index (χ1n) is 13.1. The summed E-state index contributed by atoms with van der Waals surface area (Å²) in [6.45, 7) is 3.22. The first-order chi connectivity index (χ1) is 18.5. The van der Waals surface area contributed by atoms with E-state index in [4.69, 9.17) is 4.74 Å². The van der Waals surface area contributed by atoms with Gasteiger partial charge in [0.05, 0.1) is 30.9 Å². The van der Waals surface area contributed by atoms with Gasteiger partial charge in [-0.15, -0.1) is 0 Å². The second-order valence-corrected chi connectivity index (χ2v) is 10.1. The second kappa shape index (κ2) is 11.8. The number of rotatable bonds is 6. The highest BCUT2D eigenvalue weighted by Gasteiger charge is 2.39. The molecular formula is C31H31F2N3O2. The molecular weight excluding hydrogens is 484 g/mol. The number of hydrogen-bond acceptors (Lipinski definition) is 4. The van der Waals surface area contributed by atoms with Gasteiger partial charge in [-0.1, -0.05) is 36.4 Å². The molecule has 3 atom stereocenters. The van der Waals surface area contributed by atoms with Crippen molar-refractivity contribution in [2.75, 3.05) is 26.3 Å². The lowest BCUT2D eigenvalue weighted by Crippen LogP contribution is -2.48. The van der Waals surface area contributed by atoms with Crippen LogP contribution in [0.25, 0.3) is 0 Å². The lowest BCUT2D eigenvalue weighted by Gasteiger charge is -2.42. The minimum absolute atomic E-state index is 0.0218. The molecule has 1 amide bonds. The van der Waals surface area contributed by atoms with Crippen molar-refractivity contribution in [2.45, 2.75) is 37.3 Å². The van der Waals surface area contributed by atoms with Crippen LogP contribution in [0.3, 0.4) is 0 Å². The Labute approximate surface area is 222 Å². The topological polar surface area (TPSA) is 65.4 Å². The number of benzene rings is 3. The van der Waals surface area contributed by atoms with E-state index >= 15 is 0 Å². The van der Waals surface area contributed by atoms with Gasteiger partial charge in [0.2, 0.25) is 5.91 Å². The van der Waals surface area contributed by atoms with Gasteiger partial charge in [-0.3, -0.25) is 9.69 Å². The maximum absolute atomic E-state index is 13.9. The van der Waals surface area contributed by atoms with E-state index in [1.54, 1.807) is 24.3 Å². The Morgan fingerprint density at radius 3 is 2.03 bits per heavy atom. The molecule has 196 valence electrons. The van der Waals surface area contributed by atoms with Gasteiger partial charge in [-0.25, -0.2) is 8.78 Å². The summed E-state index contributed by atoms with van der Waals surface area (Å²) in [6, 6.07) is 21.6. The van der Waals surface area contributed by atoms with Gasteiger partial charge < -0.3 is 10.1 Å². The summed E-state index contributed by atoms with van der Waals surface area (Å²) in [4.78, 5) is 16.4.